The fourth-order valence-corrected chi connectivity index (χ4v) is 2.54. The monoisotopic (exact) mass is 279 g/mol. The summed E-state index contributed by atoms with van der Waals surface area (Å²) in [5.74, 6) is 0.836. The van der Waals surface area contributed by atoms with Gasteiger partial charge in [-0.2, -0.15) is 0 Å². The molecule has 1 N–H and O–H groups in total. The second kappa shape index (κ2) is 6.42. The van der Waals surface area contributed by atoms with Gasteiger partial charge < -0.3 is 9.88 Å². The summed E-state index contributed by atoms with van der Waals surface area (Å²) in [6, 6.07) is 0.00648. The molecule has 1 amide bonds. The van der Waals surface area contributed by atoms with E-state index >= 15 is 0 Å². The van der Waals surface area contributed by atoms with Gasteiger partial charge >= 0.3 is 0 Å². The van der Waals surface area contributed by atoms with Crippen LogP contribution in [0.4, 0.5) is 0 Å². The molecule has 6 nitrogen and oxygen atoms in total. The van der Waals surface area contributed by atoms with E-state index in [9.17, 15) is 4.79 Å². The van der Waals surface area contributed by atoms with Crippen molar-refractivity contribution in [3.05, 3.63) is 28.7 Å². The highest BCUT2D eigenvalue weighted by Gasteiger charge is 2.15. The third kappa shape index (κ3) is 3.60. The highest BCUT2D eigenvalue weighted by Crippen LogP contribution is 2.18. The molecule has 0 aromatic carbocycles. The van der Waals surface area contributed by atoms with Crippen LogP contribution >= 0.6 is 11.3 Å². The lowest BCUT2D eigenvalue weighted by atomic mass is 10.2. The van der Waals surface area contributed by atoms with Gasteiger partial charge in [-0.3, -0.25) is 4.79 Å². The molecular formula is C12H17N5OS. The Bertz CT molecular complexity index is 522. The Morgan fingerprint density at radius 2 is 2.42 bits per heavy atom. The van der Waals surface area contributed by atoms with Gasteiger partial charge in [-0.05, 0) is 6.42 Å². The number of amides is 1. The summed E-state index contributed by atoms with van der Waals surface area (Å²) in [7, 11) is 1.87. The van der Waals surface area contributed by atoms with Gasteiger partial charge in [0, 0.05) is 31.5 Å². The summed E-state index contributed by atoms with van der Waals surface area (Å²) in [6.45, 7) is 2.04. The van der Waals surface area contributed by atoms with Crippen LogP contribution in [0.25, 0.3) is 0 Å². The molecule has 0 aliphatic heterocycles. The van der Waals surface area contributed by atoms with Crippen molar-refractivity contribution in [2.45, 2.75) is 32.2 Å². The van der Waals surface area contributed by atoms with Gasteiger partial charge in [0.25, 0.3) is 0 Å². The van der Waals surface area contributed by atoms with Crippen LogP contribution in [-0.2, 0) is 18.3 Å². The third-order valence-electron chi connectivity index (χ3n) is 2.87. The smallest absolute Gasteiger partial charge is 0.221 e. The first kappa shape index (κ1) is 13.7. The summed E-state index contributed by atoms with van der Waals surface area (Å²) in [5, 5.41) is 13.6. The molecule has 0 fully saturated rings. The number of carbonyl (C=O) groups excluding carboxylic acids is 1. The summed E-state index contributed by atoms with van der Waals surface area (Å²) in [5.41, 5.74) is 0. The number of aromatic nitrogens is 4. The Hall–Kier alpha value is -1.76. The van der Waals surface area contributed by atoms with Crippen LogP contribution in [0.1, 0.15) is 36.6 Å². The highest BCUT2D eigenvalue weighted by atomic mass is 32.1. The van der Waals surface area contributed by atoms with Crippen LogP contribution < -0.4 is 5.32 Å². The maximum absolute atomic E-state index is 11.9. The Morgan fingerprint density at radius 1 is 1.58 bits per heavy atom. The van der Waals surface area contributed by atoms with Crippen molar-refractivity contribution in [2.24, 2.45) is 7.05 Å². The van der Waals surface area contributed by atoms with E-state index in [1.165, 1.54) is 0 Å². The van der Waals surface area contributed by atoms with E-state index in [1.807, 2.05) is 23.9 Å². The number of hydrogen-bond donors (Lipinski definition) is 1. The molecule has 0 aliphatic rings. The van der Waals surface area contributed by atoms with Gasteiger partial charge in [0.1, 0.15) is 17.2 Å². The minimum absolute atomic E-state index is 0.00648. The van der Waals surface area contributed by atoms with Crippen LogP contribution in [0.3, 0.4) is 0 Å². The highest BCUT2D eigenvalue weighted by molar-refractivity contribution is 7.09. The molecular weight excluding hydrogens is 262 g/mol. The topological polar surface area (TPSA) is 72.7 Å². The Labute approximate surface area is 115 Å². The van der Waals surface area contributed by atoms with Crippen LogP contribution in [0, 0.1) is 0 Å². The van der Waals surface area contributed by atoms with Gasteiger partial charge in [-0.25, -0.2) is 4.98 Å². The normalized spacial score (nSPS) is 12.3. The van der Waals surface area contributed by atoms with Gasteiger partial charge in [0.15, 0.2) is 0 Å². The van der Waals surface area contributed by atoms with E-state index in [0.717, 1.165) is 17.3 Å². The molecule has 1 atom stereocenters. The van der Waals surface area contributed by atoms with Crippen LogP contribution in [0.15, 0.2) is 17.9 Å². The molecule has 0 radical (unpaired) electrons. The van der Waals surface area contributed by atoms with E-state index in [4.69, 9.17) is 0 Å². The van der Waals surface area contributed by atoms with Crippen molar-refractivity contribution in [3.8, 4) is 0 Å². The summed E-state index contributed by atoms with van der Waals surface area (Å²) < 4.78 is 1.82. The van der Waals surface area contributed by atoms with E-state index in [1.54, 1.807) is 23.9 Å². The lowest BCUT2D eigenvalue weighted by Crippen LogP contribution is -2.28. The number of hydrogen-bond acceptors (Lipinski definition) is 5. The maximum Gasteiger partial charge on any atom is 0.221 e. The zero-order valence-corrected chi connectivity index (χ0v) is 11.9. The van der Waals surface area contributed by atoms with Gasteiger partial charge in [-0.1, -0.05) is 6.92 Å². The van der Waals surface area contributed by atoms with E-state index in [2.05, 4.69) is 20.5 Å². The number of nitrogens with zero attached hydrogens (tertiary/aromatic N) is 4. The summed E-state index contributed by atoms with van der Waals surface area (Å²) in [6.07, 6.45) is 5.24. The fraction of sp³-hybridized carbons (Fsp3) is 0.500. The molecule has 2 heterocycles. The lowest BCUT2D eigenvalue weighted by Gasteiger charge is -2.14. The van der Waals surface area contributed by atoms with Crippen molar-refractivity contribution in [3.63, 3.8) is 0 Å². The first-order valence-electron chi connectivity index (χ1n) is 6.22. The zero-order chi connectivity index (χ0) is 13.7. The molecule has 19 heavy (non-hydrogen) atoms. The number of aryl methyl sites for hydroxylation is 2. The minimum atomic E-state index is 0.00648. The van der Waals surface area contributed by atoms with Crippen molar-refractivity contribution < 1.29 is 4.79 Å². The van der Waals surface area contributed by atoms with Crippen molar-refractivity contribution >= 4 is 17.2 Å². The average molecular weight is 279 g/mol. The standard InChI is InChI=1S/C12H17N5OS/c1-3-9(12-13-6-7-19-12)15-11(18)5-4-10-16-14-8-17(10)2/h6-9H,3-5H2,1-2H3,(H,15,18). The molecule has 0 saturated carbocycles. The van der Waals surface area contributed by atoms with Crippen molar-refractivity contribution in [1.82, 2.24) is 25.1 Å². The second-order valence-corrected chi connectivity index (χ2v) is 5.18. The van der Waals surface area contributed by atoms with E-state index in [-0.39, 0.29) is 11.9 Å². The number of rotatable bonds is 6. The first-order valence-corrected chi connectivity index (χ1v) is 7.10. The fourth-order valence-electron chi connectivity index (χ4n) is 1.77. The molecule has 1 unspecified atom stereocenters. The number of nitrogens with one attached hydrogen (secondary N) is 1. The zero-order valence-electron chi connectivity index (χ0n) is 11.0. The second-order valence-electron chi connectivity index (χ2n) is 4.26. The van der Waals surface area contributed by atoms with Gasteiger partial charge in [0.05, 0.1) is 6.04 Å². The molecule has 0 saturated heterocycles. The summed E-state index contributed by atoms with van der Waals surface area (Å²) in [4.78, 5) is 16.2. The quantitative estimate of drug-likeness (QED) is 0.869. The van der Waals surface area contributed by atoms with Crippen molar-refractivity contribution in [2.75, 3.05) is 0 Å². The molecule has 2 rings (SSSR count). The number of carbonyl (C=O) groups is 1. The van der Waals surface area contributed by atoms with Crippen LogP contribution in [-0.4, -0.2) is 25.7 Å². The van der Waals surface area contributed by atoms with Gasteiger partial charge in [0.2, 0.25) is 5.91 Å². The lowest BCUT2D eigenvalue weighted by molar-refractivity contribution is -0.121. The third-order valence-corrected chi connectivity index (χ3v) is 3.76. The Balaban J connectivity index is 1.85. The molecule has 102 valence electrons. The predicted octanol–water partition coefficient (Wildman–Crippen LogP) is 1.47. The Kier molecular flexibility index (Phi) is 4.62. The summed E-state index contributed by atoms with van der Waals surface area (Å²) >= 11 is 1.56. The molecule has 0 bridgehead atoms. The molecule has 2 aromatic rings. The van der Waals surface area contributed by atoms with Crippen LogP contribution in [0.5, 0.6) is 0 Å². The first-order chi connectivity index (χ1) is 9.20. The van der Waals surface area contributed by atoms with E-state index in [0.29, 0.717) is 12.8 Å². The van der Waals surface area contributed by atoms with Crippen LogP contribution in [0.2, 0.25) is 0 Å². The molecule has 2 aromatic heterocycles. The minimum Gasteiger partial charge on any atom is -0.347 e. The van der Waals surface area contributed by atoms with E-state index < -0.39 is 0 Å². The molecule has 0 spiro atoms. The number of thiazole rings is 1. The largest absolute Gasteiger partial charge is 0.347 e. The molecule has 7 heteroatoms. The van der Waals surface area contributed by atoms with Crippen molar-refractivity contribution in [1.29, 1.82) is 0 Å². The SMILES string of the molecule is CCC(NC(=O)CCc1nncn1C)c1nccs1. The average Bonchev–Trinajstić information content (AvgIpc) is 3.05. The maximum atomic E-state index is 11.9. The predicted molar refractivity (Wildman–Crippen MR) is 72.6 cm³/mol. The van der Waals surface area contributed by atoms with Gasteiger partial charge in [-0.15, -0.1) is 21.5 Å². The molecule has 0 aliphatic carbocycles. The Morgan fingerprint density at radius 3 is 3.00 bits per heavy atom.